The molecule has 1 aromatic rings. The first kappa shape index (κ1) is 11.0. The number of fused-ring (bicyclic) bond motifs is 1. The van der Waals surface area contributed by atoms with E-state index in [2.05, 4.69) is 52.9 Å². The maximum absolute atomic E-state index is 6.12. The Morgan fingerprint density at radius 3 is 2.93 bits per heavy atom. The van der Waals surface area contributed by atoms with E-state index < -0.39 is 0 Å². The smallest absolute Gasteiger partial charge is 0.0494 e. The molecule has 0 spiro atoms. The van der Waals surface area contributed by atoms with E-state index in [1.54, 1.807) is 0 Å². The van der Waals surface area contributed by atoms with E-state index in [1.165, 1.54) is 11.3 Å². The average molecular weight is 269 g/mol. The maximum Gasteiger partial charge on any atom is 0.0494 e. The van der Waals surface area contributed by atoms with E-state index in [0.717, 1.165) is 17.6 Å². The highest BCUT2D eigenvalue weighted by Crippen LogP contribution is 2.35. The van der Waals surface area contributed by atoms with Crippen molar-refractivity contribution >= 4 is 21.6 Å². The highest BCUT2D eigenvalue weighted by atomic mass is 79.9. The van der Waals surface area contributed by atoms with Crippen LogP contribution in [0.2, 0.25) is 0 Å². The van der Waals surface area contributed by atoms with E-state index in [1.807, 2.05) is 0 Å². The first-order valence-electron chi connectivity index (χ1n) is 5.38. The summed E-state index contributed by atoms with van der Waals surface area (Å²) in [5, 5.41) is 0. The van der Waals surface area contributed by atoms with Crippen LogP contribution in [-0.4, -0.2) is 13.1 Å². The van der Waals surface area contributed by atoms with E-state index >= 15 is 0 Å². The minimum absolute atomic E-state index is 0.163. The number of nitrogens with zero attached hydrogens (tertiary/aromatic N) is 1. The van der Waals surface area contributed by atoms with Gasteiger partial charge >= 0.3 is 0 Å². The Labute approximate surface area is 99.6 Å². The number of benzene rings is 1. The van der Waals surface area contributed by atoms with Crippen LogP contribution in [0.5, 0.6) is 0 Å². The van der Waals surface area contributed by atoms with Gasteiger partial charge in [-0.05, 0) is 29.7 Å². The summed E-state index contributed by atoms with van der Waals surface area (Å²) in [6.07, 6.45) is 0. The quantitative estimate of drug-likeness (QED) is 0.894. The Hall–Kier alpha value is -0.540. The van der Waals surface area contributed by atoms with Crippen molar-refractivity contribution in [2.24, 2.45) is 11.7 Å². The Morgan fingerprint density at radius 2 is 2.27 bits per heavy atom. The lowest BCUT2D eigenvalue weighted by Gasteiger charge is -2.21. The van der Waals surface area contributed by atoms with Gasteiger partial charge in [0.05, 0.1) is 0 Å². The summed E-state index contributed by atoms with van der Waals surface area (Å²) in [5.74, 6) is 0.673. The average Bonchev–Trinajstić information content (AvgIpc) is 2.42. The molecular formula is C12H17BrN2. The fourth-order valence-corrected chi connectivity index (χ4v) is 2.54. The fourth-order valence-electron chi connectivity index (χ4n) is 2.16. The van der Waals surface area contributed by atoms with Gasteiger partial charge in [0.2, 0.25) is 0 Å². The number of hydrogen-bond donors (Lipinski definition) is 1. The van der Waals surface area contributed by atoms with Crippen LogP contribution in [-0.2, 0) is 0 Å². The largest absolute Gasteiger partial charge is 0.369 e. The molecule has 1 atom stereocenters. The molecule has 1 aromatic carbocycles. The van der Waals surface area contributed by atoms with Gasteiger partial charge in [-0.1, -0.05) is 29.8 Å². The molecule has 3 heteroatoms. The van der Waals surface area contributed by atoms with Crippen molar-refractivity contribution in [3.05, 3.63) is 28.2 Å². The first-order chi connectivity index (χ1) is 7.08. The van der Waals surface area contributed by atoms with Crippen molar-refractivity contribution in [3.63, 3.8) is 0 Å². The van der Waals surface area contributed by atoms with Crippen LogP contribution in [0.25, 0.3) is 0 Å². The van der Waals surface area contributed by atoms with Crippen molar-refractivity contribution < 1.29 is 0 Å². The summed E-state index contributed by atoms with van der Waals surface area (Å²) in [7, 11) is 0. The van der Waals surface area contributed by atoms with Crippen LogP contribution in [0.15, 0.2) is 22.7 Å². The molecule has 2 N–H and O–H groups in total. The van der Waals surface area contributed by atoms with Crippen LogP contribution >= 0.6 is 15.9 Å². The van der Waals surface area contributed by atoms with E-state index in [4.69, 9.17) is 5.73 Å². The second kappa shape index (κ2) is 4.14. The predicted molar refractivity (Wildman–Crippen MR) is 68.1 cm³/mol. The number of hydrogen-bond acceptors (Lipinski definition) is 2. The Bertz CT molecular complexity index is 363. The first-order valence-corrected chi connectivity index (χ1v) is 6.17. The molecule has 0 aromatic heterocycles. The third-order valence-electron chi connectivity index (χ3n) is 2.73. The van der Waals surface area contributed by atoms with Gasteiger partial charge in [0.15, 0.2) is 0 Å². The minimum atomic E-state index is 0.163. The predicted octanol–water partition coefficient (Wildman–Crippen LogP) is 2.92. The molecule has 1 unspecified atom stereocenters. The highest BCUT2D eigenvalue weighted by Gasteiger charge is 2.25. The summed E-state index contributed by atoms with van der Waals surface area (Å²) in [4.78, 5) is 2.39. The van der Waals surface area contributed by atoms with E-state index in [0.29, 0.717) is 5.92 Å². The summed E-state index contributed by atoms with van der Waals surface area (Å²) in [6.45, 7) is 6.51. The molecule has 0 fully saturated rings. The van der Waals surface area contributed by atoms with Crippen LogP contribution in [0, 0.1) is 5.92 Å². The lowest BCUT2D eigenvalue weighted by atomic mass is 10.1. The van der Waals surface area contributed by atoms with Gasteiger partial charge in [-0.25, -0.2) is 0 Å². The molecule has 0 radical (unpaired) electrons. The number of nitrogens with two attached hydrogens (primary N) is 1. The van der Waals surface area contributed by atoms with Crippen LogP contribution < -0.4 is 10.6 Å². The van der Waals surface area contributed by atoms with Gasteiger partial charge in [-0.3, -0.25) is 0 Å². The second-order valence-corrected chi connectivity index (χ2v) is 5.52. The molecule has 1 heterocycles. The van der Waals surface area contributed by atoms with E-state index in [9.17, 15) is 0 Å². The number of anilines is 1. The van der Waals surface area contributed by atoms with Gasteiger partial charge in [-0.15, -0.1) is 0 Å². The summed E-state index contributed by atoms with van der Waals surface area (Å²) in [6, 6.07) is 6.55. The minimum Gasteiger partial charge on any atom is -0.369 e. The molecule has 1 aliphatic rings. The summed E-state index contributed by atoms with van der Waals surface area (Å²) in [5.41, 5.74) is 8.69. The molecule has 0 saturated heterocycles. The summed E-state index contributed by atoms with van der Waals surface area (Å²) >= 11 is 3.49. The van der Waals surface area contributed by atoms with Gasteiger partial charge in [0.1, 0.15) is 0 Å². The third kappa shape index (κ3) is 2.18. The SMILES string of the molecule is CC(C)CN1CC(N)c2cc(Br)ccc21. The number of rotatable bonds is 2. The zero-order valence-corrected chi connectivity index (χ0v) is 10.8. The molecule has 0 amide bonds. The van der Waals surface area contributed by atoms with Crippen molar-refractivity contribution in [1.29, 1.82) is 0 Å². The maximum atomic E-state index is 6.12. The molecular weight excluding hydrogens is 252 g/mol. The topological polar surface area (TPSA) is 29.3 Å². The van der Waals surface area contributed by atoms with E-state index in [-0.39, 0.29) is 6.04 Å². The zero-order chi connectivity index (χ0) is 11.0. The molecule has 0 saturated carbocycles. The fraction of sp³-hybridized carbons (Fsp3) is 0.500. The highest BCUT2D eigenvalue weighted by molar-refractivity contribution is 9.10. The van der Waals surface area contributed by atoms with Gasteiger partial charge in [0.25, 0.3) is 0 Å². The number of halogens is 1. The molecule has 2 nitrogen and oxygen atoms in total. The van der Waals surface area contributed by atoms with Gasteiger partial charge < -0.3 is 10.6 Å². The van der Waals surface area contributed by atoms with Crippen molar-refractivity contribution in [1.82, 2.24) is 0 Å². The summed E-state index contributed by atoms with van der Waals surface area (Å²) < 4.78 is 1.11. The zero-order valence-electron chi connectivity index (χ0n) is 9.20. The molecule has 0 aliphatic carbocycles. The van der Waals surface area contributed by atoms with Crippen molar-refractivity contribution in [2.75, 3.05) is 18.0 Å². The second-order valence-electron chi connectivity index (χ2n) is 4.61. The Kier molecular flexibility index (Phi) is 3.03. The standard InChI is InChI=1S/C12H17BrN2/c1-8(2)6-15-7-11(14)10-5-9(13)3-4-12(10)15/h3-5,8,11H,6-7,14H2,1-2H3. The Morgan fingerprint density at radius 1 is 1.53 bits per heavy atom. The third-order valence-corrected chi connectivity index (χ3v) is 3.23. The van der Waals surface area contributed by atoms with Gasteiger partial charge in [0, 0.05) is 29.3 Å². The van der Waals surface area contributed by atoms with Crippen molar-refractivity contribution in [2.45, 2.75) is 19.9 Å². The van der Waals surface area contributed by atoms with Crippen LogP contribution in [0.3, 0.4) is 0 Å². The molecule has 15 heavy (non-hydrogen) atoms. The van der Waals surface area contributed by atoms with Crippen LogP contribution in [0.1, 0.15) is 25.5 Å². The Balaban J connectivity index is 2.30. The van der Waals surface area contributed by atoms with Gasteiger partial charge in [-0.2, -0.15) is 0 Å². The lowest BCUT2D eigenvalue weighted by molar-refractivity contribution is 0.603. The van der Waals surface area contributed by atoms with Crippen molar-refractivity contribution in [3.8, 4) is 0 Å². The molecule has 82 valence electrons. The lowest BCUT2D eigenvalue weighted by Crippen LogP contribution is -2.28. The molecule has 0 bridgehead atoms. The molecule has 1 aliphatic heterocycles. The van der Waals surface area contributed by atoms with Crippen LogP contribution in [0.4, 0.5) is 5.69 Å². The molecule has 2 rings (SSSR count). The monoisotopic (exact) mass is 268 g/mol. The normalized spacial score (nSPS) is 19.8.